The molecule has 4 rings (SSSR count). The highest BCUT2D eigenvalue weighted by Crippen LogP contribution is 2.32. The van der Waals surface area contributed by atoms with E-state index in [4.69, 9.17) is 14.6 Å². The molecule has 0 atom stereocenters. The zero-order valence-corrected chi connectivity index (χ0v) is 16.4. The molecule has 6 nitrogen and oxygen atoms in total. The normalized spacial score (nSPS) is 13.6. The van der Waals surface area contributed by atoms with Crippen LogP contribution in [0, 0.1) is 5.82 Å². The van der Waals surface area contributed by atoms with E-state index in [2.05, 4.69) is 0 Å². The monoisotopic (exact) mass is 395 g/mol. The Hall–Kier alpha value is -3.35. The Bertz CT molecular complexity index is 1050. The van der Waals surface area contributed by atoms with Gasteiger partial charge >= 0.3 is 0 Å². The molecule has 0 bridgehead atoms. The Labute approximate surface area is 168 Å². The zero-order valence-electron chi connectivity index (χ0n) is 16.4. The predicted octanol–water partition coefficient (Wildman–Crippen LogP) is 3.75. The van der Waals surface area contributed by atoms with Gasteiger partial charge in [0.15, 0.2) is 11.5 Å². The highest BCUT2D eigenvalue weighted by molar-refractivity contribution is 5.94. The third-order valence-electron chi connectivity index (χ3n) is 5.08. The number of hydrogen-bond donors (Lipinski definition) is 0. The molecular formula is C22H22FN3O3. The van der Waals surface area contributed by atoms with Crippen LogP contribution >= 0.6 is 0 Å². The number of amides is 1. The highest BCUT2D eigenvalue weighted by Gasteiger charge is 2.24. The third-order valence-corrected chi connectivity index (χ3v) is 5.08. The molecule has 1 aliphatic heterocycles. The molecule has 0 saturated heterocycles. The lowest BCUT2D eigenvalue weighted by Crippen LogP contribution is -2.31. The fourth-order valence-corrected chi connectivity index (χ4v) is 3.58. The summed E-state index contributed by atoms with van der Waals surface area (Å²) in [7, 11) is 3.19. The van der Waals surface area contributed by atoms with Crippen molar-refractivity contribution in [3.05, 3.63) is 65.6 Å². The summed E-state index contributed by atoms with van der Waals surface area (Å²) >= 11 is 0. The van der Waals surface area contributed by atoms with Gasteiger partial charge in [-0.1, -0.05) is 12.1 Å². The minimum atomic E-state index is -0.499. The van der Waals surface area contributed by atoms with Crippen LogP contribution in [0.25, 0.3) is 11.3 Å². The molecule has 29 heavy (non-hydrogen) atoms. The first kappa shape index (κ1) is 19.0. The highest BCUT2D eigenvalue weighted by atomic mass is 19.1. The molecule has 0 radical (unpaired) electrons. The van der Waals surface area contributed by atoms with Crippen LogP contribution < -0.4 is 9.47 Å². The second-order valence-electron chi connectivity index (χ2n) is 6.87. The van der Waals surface area contributed by atoms with Gasteiger partial charge in [-0.05, 0) is 42.8 Å². The van der Waals surface area contributed by atoms with E-state index in [1.54, 1.807) is 31.3 Å². The van der Waals surface area contributed by atoms with E-state index < -0.39 is 5.82 Å². The van der Waals surface area contributed by atoms with Gasteiger partial charge in [0.1, 0.15) is 5.82 Å². The van der Waals surface area contributed by atoms with Gasteiger partial charge in [0.2, 0.25) is 0 Å². The van der Waals surface area contributed by atoms with Crippen molar-refractivity contribution in [3.63, 3.8) is 0 Å². The Kier molecular flexibility index (Phi) is 5.20. The molecule has 0 fully saturated rings. The summed E-state index contributed by atoms with van der Waals surface area (Å²) in [5.41, 5.74) is 2.70. The smallest absolute Gasteiger partial charge is 0.257 e. The Balaban J connectivity index is 1.62. The summed E-state index contributed by atoms with van der Waals surface area (Å²) in [6.07, 6.45) is 0.750. The van der Waals surface area contributed by atoms with Crippen LogP contribution in [0.5, 0.6) is 11.5 Å². The van der Waals surface area contributed by atoms with Crippen LogP contribution in [0.2, 0.25) is 0 Å². The number of ether oxygens (including phenoxy) is 2. The van der Waals surface area contributed by atoms with E-state index in [1.807, 2.05) is 28.9 Å². The van der Waals surface area contributed by atoms with Gasteiger partial charge in [0, 0.05) is 18.7 Å². The van der Waals surface area contributed by atoms with E-state index in [0.717, 1.165) is 23.4 Å². The van der Waals surface area contributed by atoms with E-state index in [1.165, 1.54) is 12.1 Å². The van der Waals surface area contributed by atoms with Crippen LogP contribution in [0.4, 0.5) is 4.39 Å². The first-order valence-electron chi connectivity index (χ1n) is 9.43. The number of carbonyl (C=O) groups is 1. The average Bonchev–Trinajstić information content (AvgIpc) is 3.04. The molecule has 1 aromatic heterocycles. The van der Waals surface area contributed by atoms with Gasteiger partial charge in [-0.25, -0.2) is 4.39 Å². The average molecular weight is 395 g/mol. The molecule has 1 aliphatic rings. The molecule has 0 saturated carbocycles. The van der Waals surface area contributed by atoms with E-state index >= 15 is 0 Å². The molecule has 2 aromatic carbocycles. The topological polar surface area (TPSA) is 56.6 Å². The minimum absolute atomic E-state index is 0.0978. The summed E-state index contributed by atoms with van der Waals surface area (Å²) in [6, 6.07) is 13.7. The third kappa shape index (κ3) is 3.68. The van der Waals surface area contributed by atoms with Crippen molar-refractivity contribution in [2.75, 3.05) is 20.8 Å². The molecule has 0 unspecified atom stereocenters. The number of nitrogens with zero attached hydrogens (tertiary/aromatic N) is 3. The fourth-order valence-electron chi connectivity index (χ4n) is 3.58. The first-order chi connectivity index (χ1) is 14.1. The number of carbonyl (C=O) groups excluding carboxylic acids is 1. The molecule has 1 amide bonds. The molecular weight excluding hydrogens is 373 g/mol. The van der Waals surface area contributed by atoms with Crippen molar-refractivity contribution in [1.29, 1.82) is 0 Å². The van der Waals surface area contributed by atoms with Crippen molar-refractivity contribution in [1.82, 2.24) is 14.7 Å². The maximum absolute atomic E-state index is 14.1. The summed E-state index contributed by atoms with van der Waals surface area (Å²) in [4.78, 5) is 14.5. The minimum Gasteiger partial charge on any atom is -0.493 e. The van der Waals surface area contributed by atoms with Crippen LogP contribution in [0.3, 0.4) is 0 Å². The lowest BCUT2D eigenvalue weighted by molar-refractivity contribution is 0.0741. The van der Waals surface area contributed by atoms with Gasteiger partial charge < -0.3 is 14.4 Å². The van der Waals surface area contributed by atoms with Crippen molar-refractivity contribution in [3.8, 4) is 22.8 Å². The summed E-state index contributed by atoms with van der Waals surface area (Å²) in [5.74, 6) is 0.481. The van der Waals surface area contributed by atoms with Crippen molar-refractivity contribution >= 4 is 5.91 Å². The van der Waals surface area contributed by atoms with E-state index in [9.17, 15) is 9.18 Å². The maximum Gasteiger partial charge on any atom is 0.257 e. The lowest BCUT2D eigenvalue weighted by atomic mass is 10.1. The number of benzene rings is 2. The van der Waals surface area contributed by atoms with Crippen LogP contribution in [-0.2, 0) is 13.1 Å². The predicted molar refractivity (Wildman–Crippen MR) is 107 cm³/mol. The van der Waals surface area contributed by atoms with Crippen molar-refractivity contribution in [2.45, 2.75) is 19.5 Å². The first-order valence-corrected chi connectivity index (χ1v) is 9.43. The number of aryl methyl sites for hydroxylation is 1. The molecule has 0 N–H and O–H groups in total. The lowest BCUT2D eigenvalue weighted by Gasteiger charge is -2.20. The van der Waals surface area contributed by atoms with Crippen LogP contribution in [-0.4, -0.2) is 41.4 Å². The molecule has 0 aliphatic carbocycles. The quantitative estimate of drug-likeness (QED) is 0.675. The maximum atomic E-state index is 14.1. The fraction of sp³-hybridized carbons (Fsp3) is 0.273. The van der Waals surface area contributed by atoms with E-state index in [0.29, 0.717) is 31.1 Å². The van der Waals surface area contributed by atoms with Crippen molar-refractivity contribution < 1.29 is 18.7 Å². The number of methoxy groups -OCH3 is 2. The van der Waals surface area contributed by atoms with Gasteiger partial charge in [-0.15, -0.1) is 0 Å². The number of aromatic nitrogens is 2. The van der Waals surface area contributed by atoms with E-state index in [-0.39, 0.29) is 11.5 Å². The SMILES string of the molecule is COc1ccc(-c2cc3n(n2)CCCN(C(=O)c2ccccc2F)C3)cc1OC. The summed E-state index contributed by atoms with van der Waals surface area (Å²) in [5, 5.41) is 4.70. The summed E-state index contributed by atoms with van der Waals surface area (Å²) in [6.45, 7) is 1.64. The molecule has 3 aromatic rings. The van der Waals surface area contributed by atoms with Crippen LogP contribution in [0.15, 0.2) is 48.5 Å². The van der Waals surface area contributed by atoms with Gasteiger partial charge in [0.25, 0.3) is 5.91 Å². The number of rotatable bonds is 4. The largest absolute Gasteiger partial charge is 0.493 e. The standard InChI is InChI=1S/C22H22FN3O3/c1-28-20-9-8-15(12-21(20)29-2)19-13-16-14-25(10-5-11-26(16)24-19)22(27)17-6-3-4-7-18(17)23/h3-4,6-9,12-13H,5,10-11,14H2,1-2H3. The van der Waals surface area contributed by atoms with Crippen LogP contribution in [0.1, 0.15) is 22.5 Å². The molecule has 150 valence electrons. The van der Waals surface area contributed by atoms with Gasteiger partial charge in [-0.3, -0.25) is 9.48 Å². The Morgan fingerprint density at radius 1 is 1.03 bits per heavy atom. The second-order valence-corrected chi connectivity index (χ2v) is 6.87. The molecule has 2 heterocycles. The zero-order chi connectivity index (χ0) is 20.4. The Morgan fingerprint density at radius 2 is 1.83 bits per heavy atom. The number of halogens is 1. The van der Waals surface area contributed by atoms with Crippen molar-refractivity contribution in [2.24, 2.45) is 0 Å². The summed E-state index contributed by atoms with van der Waals surface area (Å²) < 4.78 is 26.7. The second kappa shape index (κ2) is 7.95. The number of hydrogen-bond acceptors (Lipinski definition) is 4. The van der Waals surface area contributed by atoms with Gasteiger partial charge in [-0.2, -0.15) is 5.10 Å². The molecule has 0 spiro atoms. The number of fused-ring (bicyclic) bond motifs is 1. The Morgan fingerprint density at radius 3 is 2.59 bits per heavy atom. The van der Waals surface area contributed by atoms with Gasteiger partial charge in [0.05, 0.1) is 37.7 Å². The molecule has 7 heteroatoms.